The van der Waals surface area contributed by atoms with Crippen LogP contribution >= 0.6 is 0 Å². The van der Waals surface area contributed by atoms with Crippen molar-refractivity contribution in [2.24, 2.45) is 17.8 Å². The Kier molecular flexibility index (Phi) is 15.4. The highest BCUT2D eigenvalue weighted by Crippen LogP contribution is 2.55. The van der Waals surface area contributed by atoms with E-state index in [0.29, 0.717) is 19.6 Å². The normalized spacial score (nSPS) is 31.9. The molecule has 248 valence electrons. The second-order valence-corrected chi connectivity index (χ2v) is 22.1. The molecule has 0 aromatic rings. The van der Waals surface area contributed by atoms with Crippen molar-refractivity contribution in [1.82, 2.24) is 0 Å². The maximum Gasteiger partial charge on any atom is 0.195 e. The Bertz CT molecular complexity index is 720. The number of aliphatic hydroxyl groups is 1. The molecule has 2 saturated heterocycles. The van der Waals surface area contributed by atoms with Gasteiger partial charge in [0.25, 0.3) is 0 Å². The first-order valence-corrected chi connectivity index (χ1v) is 22.2. The standard InChI is InChI=1S/C33H66O7Si2/c1-12-21-26(34)29(30-27(35-10)24-37-32(30,22-13-2)39-41(15-4,16-5)17-6)31-28(36-11)25-38-33(31,23-14-3)40-42(18-7,19-8)20-9/h12,26-31,34H,1,13-25H2,2-11H3. The topological polar surface area (TPSA) is 75.6 Å². The molecule has 0 radical (unpaired) electrons. The lowest BCUT2D eigenvalue weighted by Crippen LogP contribution is -2.61. The van der Waals surface area contributed by atoms with E-state index in [2.05, 4.69) is 62.0 Å². The van der Waals surface area contributed by atoms with Crippen molar-refractivity contribution in [2.45, 2.75) is 154 Å². The van der Waals surface area contributed by atoms with E-state index in [9.17, 15) is 5.11 Å². The zero-order valence-corrected chi connectivity index (χ0v) is 30.8. The van der Waals surface area contributed by atoms with E-state index in [1.807, 2.05) is 6.08 Å². The van der Waals surface area contributed by atoms with Crippen LogP contribution in [0.15, 0.2) is 12.7 Å². The fraction of sp³-hybridized carbons (Fsp3) is 0.939. The first-order chi connectivity index (χ1) is 20.1. The van der Waals surface area contributed by atoms with Gasteiger partial charge in [-0.2, -0.15) is 0 Å². The number of rotatable bonds is 21. The summed E-state index contributed by atoms with van der Waals surface area (Å²) in [6.45, 7) is 22.8. The molecule has 2 heterocycles. The van der Waals surface area contributed by atoms with Gasteiger partial charge >= 0.3 is 0 Å². The van der Waals surface area contributed by atoms with E-state index in [-0.39, 0.29) is 30.0 Å². The van der Waals surface area contributed by atoms with Crippen LogP contribution in [0.25, 0.3) is 0 Å². The minimum atomic E-state index is -2.12. The molecule has 2 aliphatic heterocycles. The lowest BCUT2D eigenvalue weighted by molar-refractivity contribution is -0.243. The molecule has 1 N–H and O–H groups in total. The molecule has 0 aromatic heterocycles. The molecular weight excluding hydrogens is 565 g/mol. The SMILES string of the molecule is C=CCC(O)C(C1C(OC)COC1(CCC)O[Si](CC)(CC)CC)C1C(OC)COC1(CCC)O[Si](CC)(CC)CC. The summed E-state index contributed by atoms with van der Waals surface area (Å²) in [5.41, 5.74) is 0. The Labute approximate surface area is 260 Å². The molecule has 7 atom stereocenters. The summed E-state index contributed by atoms with van der Waals surface area (Å²) < 4.78 is 41.0. The van der Waals surface area contributed by atoms with Crippen LogP contribution in [0.2, 0.25) is 36.3 Å². The molecule has 0 amide bonds. The summed E-state index contributed by atoms with van der Waals surface area (Å²) >= 11 is 0. The van der Waals surface area contributed by atoms with Crippen LogP contribution < -0.4 is 0 Å². The second kappa shape index (κ2) is 17.0. The summed E-state index contributed by atoms with van der Waals surface area (Å²) in [7, 11) is -0.700. The van der Waals surface area contributed by atoms with Crippen molar-refractivity contribution in [3.63, 3.8) is 0 Å². The van der Waals surface area contributed by atoms with E-state index in [0.717, 1.165) is 61.9 Å². The van der Waals surface area contributed by atoms with Crippen LogP contribution in [0.3, 0.4) is 0 Å². The first-order valence-electron chi connectivity index (χ1n) is 17.1. The monoisotopic (exact) mass is 630 g/mol. The van der Waals surface area contributed by atoms with Gasteiger partial charge in [-0.1, -0.05) is 74.3 Å². The van der Waals surface area contributed by atoms with Crippen molar-refractivity contribution in [1.29, 1.82) is 0 Å². The Balaban J connectivity index is 2.88. The molecule has 2 fully saturated rings. The summed E-state index contributed by atoms with van der Waals surface area (Å²) in [5, 5.41) is 12.2. The number of hydrogen-bond acceptors (Lipinski definition) is 7. The number of aliphatic hydroxyl groups excluding tert-OH is 1. The smallest absolute Gasteiger partial charge is 0.195 e. The maximum atomic E-state index is 12.2. The van der Waals surface area contributed by atoms with Crippen LogP contribution in [0.5, 0.6) is 0 Å². The lowest BCUT2D eigenvalue weighted by Gasteiger charge is -2.51. The number of ether oxygens (including phenoxy) is 4. The van der Waals surface area contributed by atoms with E-state index >= 15 is 0 Å². The van der Waals surface area contributed by atoms with Crippen LogP contribution in [0.1, 0.15) is 87.5 Å². The average Bonchev–Trinajstić information content (AvgIpc) is 3.53. The van der Waals surface area contributed by atoms with Crippen LogP contribution in [-0.2, 0) is 27.8 Å². The zero-order chi connectivity index (χ0) is 31.6. The predicted molar refractivity (Wildman–Crippen MR) is 177 cm³/mol. The molecule has 42 heavy (non-hydrogen) atoms. The van der Waals surface area contributed by atoms with Gasteiger partial charge in [-0.25, -0.2) is 0 Å². The summed E-state index contributed by atoms with van der Waals surface area (Å²) in [6, 6.07) is 6.12. The minimum absolute atomic E-state index is 0.223. The Hall–Kier alpha value is -0.106. The number of methoxy groups -OCH3 is 2. The Morgan fingerprint density at radius 1 is 0.738 bits per heavy atom. The van der Waals surface area contributed by atoms with E-state index < -0.39 is 34.3 Å². The maximum absolute atomic E-state index is 12.2. The van der Waals surface area contributed by atoms with Crippen LogP contribution in [0.4, 0.5) is 0 Å². The third-order valence-corrected chi connectivity index (χ3v) is 20.2. The van der Waals surface area contributed by atoms with E-state index in [1.165, 1.54) is 0 Å². The van der Waals surface area contributed by atoms with Gasteiger partial charge in [0.15, 0.2) is 28.2 Å². The van der Waals surface area contributed by atoms with Crippen molar-refractivity contribution in [3.8, 4) is 0 Å². The number of hydrogen-bond donors (Lipinski definition) is 1. The van der Waals surface area contributed by atoms with Gasteiger partial charge in [-0.05, 0) is 42.7 Å². The third-order valence-electron chi connectivity index (χ3n) is 10.9. The van der Waals surface area contributed by atoms with Gasteiger partial charge in [0.1, 0.15) is 0 Å². The highest BCUT2D eigenvalue weighted by Gasteiger charge is 2.65. The largest absolute Gasteiger partial charge is 0.392 e. The molecule has 2 aliphatic rings. The summed E-state index contributed by atoms with van der Waals surface area (Å²) in [6.07, 6.45) is 4.39. The Morgan fingerprint density at radius 3 is 1.36 bits per heavy atom. The molecule has 0 aromatic carbocycles. The van der Waals surface area contributed by atoms with Crippen molar-refractivity contribution >= 4 is 16.6 Å². The van der Waals surface area contributed by atoms with Gasteiger partial charge < -0.3 is 32.9 Å². The molecule has 7 unspecified atom stereocenters. The van der Waals surface area contributed by atoms with Crippen LogP contribution in [-0.4, -0.2) is 79.1 Å². The Morgan fingerprint density at radius 2 is 1.10 bits per heavy atom. The van der Waals surface area contributed by atoms with Gasteiger partial charge in [-0.15, -0.1) is 6.58 Å². The van der Waals surface area contributed by atoms with Gasteiger partial charge in [0, 0.05) is 44.8 Å². The van der Waals surface area contributed by atoms with Crippen molar-refractivity contribution < 1.29 is 32.9 Å². The molecule has 7 nitrogen and oxygen atoms in total. The van der Waals surface area contributed by atoms with Gasteiger partial charge in [0.2, 0.25) is 0 Å². The van der Waals surface area contributed by atoms with Gasteiger partial charge in [-0.3, -0.25) is 0 Å². The van der Waals surface area contributed by atoms with Crippen molar-refractivity contribution in [2.75, 3.05) is 27.4 Å². The molecular formula is C33H66O7Si2. The highest BCUT2D eigenvalue weighted by atomic mass is 28.4. The molecule has 2 rings (SSSR count). The second-order valence-electron chi connectivity index (χ2n) is 12.7. The first kappa shape index (κ1) is 38.1. The fourth-order valence-corrected chi connectivity index (χ4v) is 14.0. The zero-order valence-electron chi connectivity index (χ0n) is 28.8. The van der Waals surface area contributed by atoms with Gasteiger partial charge in [0.05, 0.1) is 31.5 Å². The molecule has 0 spiro atoms. The molecule has 0 bridgehead atoms. The summed E-state index contributed by atoms with van der Waals surface area (Å²) in [5.74, 6) is -2.47. The molecule has 9 heteroatoms. The van der Waals surface area contributed by atoms with E-state index in [4.69, 9.17) is 27.8 Å². The average molecular weight is 631 g/mol. The molecule has 0 aliphatic carbocycles. The van der Waals surface area contributed by atoms with E-state index in [1.54, 1.807) is 14.2 Å². The predicted octanol–water partition coefficient (Wildman–Crippen LogP) is 7.90. The van der Waals surface area contributed by atoms with Crippen molar-refractivity contribution in [3.05, 3.63) is 12.7 Å². The lowest BCUT2D eigenvalue weighted by atomic mass is 9.66. The third kappa shape index (κ3) is 7.64. The quantitative estimate of drug-likeness (QED) is 0.102. The highest BCUT2D eigenvalue weighted by molar-refractivity contribution is 6.74. The molecule has 0 saturated carbocycles. The minimum Gasteiger partial charge on any atom is -0.392 e. The van der Waals surface area contributed by atoms with Crippen LogP contribution in [0, 0.1) is 17.8 Å². The fourth-order valence-electron chi connectivity index (χ4n) is 8.09. The summed E-state index contributed by atoms with van der Waals surface area (Å²) in [4.78, 5) is 0.